The van der Waals surface area contributed by atoms with Crippen LogP contribution in [0.3, 0.4) is 0 Å². The van der Waals surface area contributed by atoms with Crippen molar-refractivity contribution in [1.29, 1.82) is 0 Å². The van der Waals surface area contributed by atoms with E-state index in [1.165, 1.54) is 7.11 Å². The van der Waals surface area contributed by atoms with Gasteiger partial charge in [0.05, 0.1) is 13.7 Å². The Morgan fingerprint density at radius 3 is 2.58 bits per heavy atom. The van der Waals surface area contributed by atoms with Crippen LogP contribution in [0.2, 0.25) is 0 Å². The topological polar surface area (TPSA) is 72.8 Å². The smallest absolute Gasteiger partial charge is 0.325 e. The van der Waals surface area contributed by atoms with Crippen LogP contribution in [-0.4, -0.2) is 37.4 Å². The van der Waals surface area contributed by atoms with Crippen molar-refractivity contribution >= 4 is 11.9 Å². The highest BCUT2D eigenvalue weighted by Crippen LogP contribution is 2.30. The maximum atomic E-state index is 11.1. The first-order chi connectivity index (χ1) is 5.63. The normalized spacial score (nSPS) is 28.4. The van der Waals surface area contributed by atoms with Crippen molar-refractivity contribution in [3.63, 3.8) is 0 Å². The number of carboxylic acids is 1. The van der Waals surface area contributed by atoms with Gasteiger partial charge in [-0.1, -0.05) is 0 Å². The summed E-state index contributed by atoms with van der Waals surface area (Å²) in [4.78, 5) is 21.8. The summed E-state index contributed by atoms with van der Waals surface area (Å²) in [5.74, 6) is -1.90. The summed E-state index contributed by atoms with van der Waals surface area (Å²) in [6.07, 6.45) is 0.189. The van der Waals surface area contributed by atoms with Crippen molar-refractivity contribution in [1.82, 2.24) is 0 Å². The van der Waals surface area contributed by atoms with Crippen LogP contribution in [0.1, 0.15) is 6.42 Å². The van der Waals surface area contributed by atoms with Crippen LogP contribution in [0, 0.1) is 5.41 Å². The van der Waals surface area contributed by atoms with E-state index in [-0.39, 0.29) is 13.0 Å². The lowest BCUT2D eigenvalue weighted by Crippen LogP contribution is -2.40. The molecule has 1 unspecified atom stereocenters. The van der Waals surface area contributed by atoms with Crippen LogP contribution in [0.25, 0.3) is 0 Å². The molecule has 0 aromatic carbocycles. The number of carboxylic acid groups (broad SMARTS) is 1. The van der Waals surface area contributed by atoms with E-state index in [1.54, 1.807) is 0 Å². The molecule has 0 saturated carbocycles. The molecule has 0 aromatic heterocycles. The van der Waals surface area contributed by atoms with Crippen LogP contribution >= 0.6 is 0 Å². The molecule has 0 spiro atoms. The molecule has 1 aliphatic rings. The van der Waals surface area contributed by atoms with Crippen molar-refractivity contribution in [2.75, 3.05) is 20.3 Å². The summed E-state index contributed by atoms with van der Waals surface area (Å²) < 4.78 is 9.26. The molecule has 1 aliphatic heterocycles. The molecule has 1 rings (SSSR count). The predicted octanol–water partition coefficient (Wildman–Crippen LogP) is -0.349. The first kappa shape index (κ1) is 8.99. The van der Waals surface area contributed by atoms with E-state index < -0.39 is 17.4 Å². The first-order valence-corrected chi connectivity index (χ1v) is 3.53. The van der Waals surface area contributed by atoms with E-state index in [1.807, 2.05) is 0 Å². The standard InChI is InChI=1S/C7H10O5/c1-11-6(10)7(5(8)9)2-3-12-4-7/h2-4H2,1H3,(H,8,9). The Morgan fingerprint density at radius 1 is 1.58 bits per heavy atom. The number of methoxy groups -OCH3 is 1. The predicted molar refractivity (Wildman–Crippen MR) is 37.5 cm³/mol. The minimum absolute atomic E-state index is 0.0883. The average molecular weight is 174 g/mol. The molecule has 0 aliphatic carbocycles. The van der Waals surface area contributed by atoms with E-state index >= 15 is 0 Å². The molecule has 1 fully saturated rings. The molecule has 1 N–H and O–H groups in total. The van der Waals surface area contributed by atoms with Gasteiger partial charge >= 0.3 is 11.9 Å². The number of esters is 1. The summed E-state index contributed by atoms with van der Waals surface area (Å²) in [5.41, 5.74) is -1.46. The lowest BCUT2D eigenvalue weighted by Gasteiger charge is -2.17. The Balaban J connectivity index is 2.86. The lowest BCUT2D eigenvalue weighted by molar-refractivity contribution is -0.166. The van der Waals surface area contributed by atoms with Gasteiger partial charge in [-0.25, -0.2) is 0 Å². The molecule has 5 nitrogen and oxygen atoms in total. The van der Waals surface area contributed by atoms with Gasteiger partial charge in [0.2, 0.25) is 0 Å². The van der Waals surface area contributed by atoms with Gasteiger partial charge in [-0.15, -0.1) is 0 Å². The molecule has 68 valence electrons. The van der Waals surface area contributed by atoms with E-state index in [0.29, 0.717) is 6.61 Å². The molecule has 1 atom stereocenters. The summed E-state index contributed by atoms with van der Waals surface area (Å²) in [5, 5.41) is 8.78. The summed E-state index contributed by atoms with van der Waals surface area (Å²) in [7, 11) is 1.17. The van der Waals surface area contributed by atoms with Crippen molar-refractivity contribution in [3.05, 3.63) is 0 Å². The van der Waals surface area contributed by atoms with Gasteiger partial charge in [-0.05, 0) is 6.42 Å². The SMILES string of the molecule is COC(=O)C1(C(=O)O)CCOC1. The largest absolute Gasteiger partial charge is 0.480 e. The third kappa shape index (κ3) is 1.16. The highest BCUT2D eigenvalue weighted by atomic mass is 16.5. The van der Waals surface area contributed by atoms with Crippen LogP contribution < -0.4 is 0 Å². The van der Waals surface area contributed by atoms with Gasteiger partial charge in [0.25, 0.3) is 0 Å². The van der Waals surface area contributed by atoms with Crippen molar-refractivity contribution in [2.45, 2.75) is 6.42 Å². The quantitative estimate of drug-likeness (QED) is 0.457. The second-order valence-electron chi connectivity index (χ2n) is 2.68. The summed E-state index contributed by atoms with van der Waals surface area (Å²) >= 11 is 0. The highest BCUT2D eigenvalue weighted by Gasteiger charge is 2.50. The summed E-state index contributed by atoms with van der Waals surface area (Å²) in [6.45, 7) is 0.205. The number of carbonyl (C=O) groups is 2. The Bertz CT molecular complexity index is 204. The van der Waals surface area contributed by atoms with E-state index in [0.717, 1.165) is 0 Å². The van der Waals surface area contributed by atoms with Gasteiger partial charge in [0.15, 0.2) is 5.41 Å². The van der Waals surface area contributed by atoms with Gasteiger partial charge in [0, 0.05) is 6.61 Å². The number of hydrogen-bond acceptors (Lipinski definition) is 4. The van der Waals surface area contributed by atoms with Crippen LogP contribution in [0.5, 0.6) is 0 Å². The van der Waals surface area contributed by atoms with Gasteiger partial charge in [-0.3, -0.25) is 9.59 Å². The minimum atomic E-state index is -1.46. The van der Waals surface area contributed by atoms with Gasteiger partial charge < -0.3 is 14.6 Å². The Hall–Kier alpha value is -1.10. The highest BCUT2D eigenvalue weighted by molar-refractivity contribution is 5.99. The number of rotatable bonds is 2. The molecular weight excluding hydrogens is 164 g/mol. The summed E-state index contributed by atoms with van der Waals surface area (Å²) in [6, 6.07) is 0. The van der Waals surface area contributed by atoms with Crippen molar-refractivity contribution in [2.24, 2.45) is 5.41 Å². The number of ether oxygens (including phenoxy) is 2. The number of carbonyl (C=O) groups excluding carboxylic acids is 1. The minimum Gasteiger partial charge on any atom is -0.480 e. The Morgan fingerprint density at radius 2 is 2.25 bits per heavy atom. The molecule has 0 bridgehead atoms. The fourth-order valence-electron chi connectivity index (χ4n) is 1.18. The monoisotopic (exact) mass is 174 g/mol. The van der Waals surface area contributed by atoms with Gasteiger partial charge in [-0.2, -0.15) is 0 Å². The molecule has 0 amide bonds. The zero-order chi connectivity index (χ0) is 9.19. The molecule has 1 saturated heterocycles. The second kappa shape index (κ2) is 3.10. The third-order valence-electron chi connectivity index (χ3n) is 2.01. The molecular formula is C7H10O5. The lowest BCUT2D eigenvalue weighted by atomic mass is 9.88. The number of hydrogen-bond donors (Lipinski definition) is 1. The zero-order valence-electron chi connectivity index (χ0n) is 6.70. The number of aliphatic carboxylic acids is 1. The van der Waals surface area contributed by atoms with Crippen molar-refractivity contribution in [3.8, 4) is 0 Å². The molecule has 12 heavy (non-hydrogen) atoms. The fraction of sp³-hybridized carbons (Fsp3) is 0.714. The molecule has 5 heteroatoms. The van der Waals surface area contributed by atoms with E-state index in [9.17, 15) is 9.59 Å². The Labute approximate surface area is 69.3 Å². The van der Waals surface area contributed by atoms with E-state index in [2.05, 4.69) is 4.74 Å². The third-order valence-corrected chi connectivity index (χ3v) is 2.01. The molecule has 1 heterocycles. The van der Waals surface area contributed by atoms with Crippen LogP contribution in [0.15, 0.2) is 0 Å². The maximum Gasteiger partial charge on any atom is 0.325 e. The fourth-order valence-corrected chi connectivity index (χ4v) is 1.18. The molecule has 0 aromatic rings. The second-order valence-corrected chi connectivity index (χ2v) is 2.68. The maximum absolute atomic E-state index is 11.1. The van der Waals surface area contributed by atoms with E-state index in [4.69, 9.17) is 9.84 Å². The zero-order valence-corrected chi connectivity index (χ0v) is 6.70. The van der Waals surface area contributed by atoms with Crippen LogP contribution in [-0.2, 0) is 19.1 Å². The Kier molecular flexibility index (Phi) is 2.32. The van der Waals surface area contributed by atoms with Crippen LogP contribution in [0.4, 0.5) is 0 Å². The molecule has 0 radical (unpaired) electrons. The van der Waals surface area contributed by atoms with Gasteiger partial charge in [0.1, 0.15) is 0 Å². The first-order valence-electron chi connectivity index (χ1n) is 3.53. The average Bonchev–Trinajstić information content (AvgIpc) is 2.52. The van der Waals surface area contributed by atoms with Crippen molar-refractivity contribution < 1.29 is 24.2 Å².